The summed E-state index contributed by atoms with van der Waals surface area (Å²) in [6.45, 7) is 4.67. The number of hydrogen-bond acceptors (Lipinski definition) is 2. The van der Waals surface area contributed by atoms with Crippen LogP contribution in [0.15, 0.2) is 205 Å². The molecule has 4 nitrogen and oxygen atoms in total. The third-order valence-electron chi connectivity index (χ3n) is 12.1. The lowest BCUT2D eigenvalue weighted by molar-refractivity contribution is 0.660. The molecule has 1 aliphatic rings. The fraction of sp³-hybridized carbons (Fsp3) is 0.0556. The molecule has 0 unspecified atom stereocenters. The summed E-state index contributed by atoms with van der Waals surface area (Å²) in [6, 6.07) is 70.7. The molecule has 2 heterocycles. The van der Waals surface area contributed by atoms with Gasteiger partial charge in [0.15, 0.2) is 0 Å². The van der Waals surface area contributed by atoms with Gasteiger partial charge in [-0.25, -0.2) is 4.79 Å². The average molecular weight is 746 g/mol. The van der Waals surface area contributed by atoms with Crippen LogP contribution < -0.4 is 10.6 Å². The van der Waals surface area contributed by atoms with Crippen LogP contribution in [0.1, 0.15) is 25.0 Å². The van der Waals surface area contributed by atoms with Gasteiger partial charge in [-0.15, -0.1) is 0 Å². The Bertz CT molecular complexity index is 3250. The normalized spacial score (nSPS) is 12.9. The number of hydrogen-bond donors (Lipinski definition) is 0. The van der Waals surface area contributed by atoms with Crippen LogP contribution in [0.4, 0.5) is 17.1 Å². The Kier molecular flexibility index (Phi) is 7.64. The second-order valence-corrected chi connectivity index (χ2v) is 15.8. The summed E-state index contributed by atoms with van der Waals surface area (Å²) < 4.78 is 3.69. The fourth-order valence-electron chi connectivity index (χ4n) is 9.22. The lowest BCUT2D eigenvalue weighted by atomic mass is 9.82. The number of nitrogens with zero attached hydrogens (tertiary/aromatic N) is 3. The highest BCUT2D eigenvalue weighted by molar-refractivity contribution is 6.03. The molecule has 10 aromatic rings. The highest BCUT2D eigenvalue weighted by atomic mass is 16.1. The van der Waals surface area contributed by atoms with Crippen molar-refractivity contribution < 1.29 is 0 Å². The summed E-state index contributed by atoms with van der Waals surface area (Å²) in [5.74, 6) is 0. The van der Waals surface area contributed by atoms with Crippen LogP contribution in [0.2, 0.25) is 0 Å². The van der Waals surface area contributed by atoms with Gasteiger partial charge < -0.3 is 4.90 Å². The summed E-state index contributed by atoms with van der Waals surface area (Å²) in [7, 11) is 0. The zero-order valence-electron chi connectivity index (χ0n) is 32.3. The second-order valence-electron chi connectivity index (χ2n) is 15.8. The quantitative estimate of drug-likeness (QED) is 0.170. The SMILES string of the molecule is CC1(C)c2ccccc2-c2ccc(N(c3ccc(-c4ccccc4)cc3)c3ccc(-c4ccc5c(c4)c4cc6ccccc6n4c(=O)n5-c4ccccc4)cc3)cc21. The van der Waals surface area contributed by atoms with Gasteiger partial charge in [0.1, 0.15) is 0 Å². The van der Waals surface area contributed by atoms with Gasteiger partial charge >= 0.3 is 5.69 Å². The predicted octanol–water partition coefficient (Wildman–Crippen LogP) is 13.5. The molecule has 4 heteroatoms. The largest absolute Gasteiger partial charge is 0.338 e. The highest BCUT2D eigenvalue weighted by Crippen LogP contribution is 2.50. The highest BCUT2D eigenvalue weighted by Gasteiger charge is 2.35. The van der Waals surface area contributed by atoms with Crippen LogP contribution in [-0.4, -0.2) is 8.97 Å². The number of fused-ring (bicyclic) bond motifs is 8. The van der Waals surface area contributed by atoms with E-state index in [-0.39, 0.29) is 11.1 Å². The summed E-state index contributed by atoms with van der Waals surface area (Å²) in [5.41, 5.74) is 16.5. The van der Waals surface area contributed by atoms with Crippen molar-refractivity contribution in [1.29, 1.82) is 0 Å². The van der Waals surface area contributed by atoms with Crippen molar-refractivity contribution in [3.63, 3.8) is 0 Å². The summed E-state index contributed by atoms with van der Waals surface area (Å²) in [5, 5.41) is 2.06. The molecule has 58 heavy (non-hydrogen) atoms. The van der Waals surface area contributed by atoms with Crippen molar-refractivity contribution >= 4 is 44.4 Å². The Hall–Kier alpha value is -7.43. The van der Waals surface area contributed by atoms with Gasteiger partial charge in [-0.3, -0.25) is 8.97 Å². The smallest absolute Gasteiger partial charge is 0.310 e. The molecular weight excluding hydrogens is 707 g/mol. The molecule has 276 valence electrons. The molecule has 0 N–H and O–H groups in total. The maximum atomic E-state index is 14.3. The van der Waals surface area contributed by atoms with Crippen molar-refractivity contribution in [2.75, 3.05) is 4.90 Å². The minimum Gasteiger partial charge on any atom is -0.310 e. The molecule has 0 saturated heterocycles. The number of aromatic nitrogens is 2. The van der Waals surface area contributed by atoms with E-state index in [1.54, 1.807) is 0 Å². The van der Waals surface area contributed by atoms with E-state index in [1.165, 1.54) is 33.4 Å². The zero-order chi connectivity index (χ0) is 39.0. The van der Waals surface area contributed by atoms with E-state index in [0.717, 1.165) is 61.2 Å². The first-order valence-electron chi connectivity index (χ1n) is 19.9. The molecule has 0 fully saturated rings. The van der Waals surface area contributed by atoms with Gasteiger partial charge in [-0.1, -0.05) is 141 Å². The second kappa shape index (κ2) is 13.1. The van der Waals surface area contributed by atoms with E-state index in [0.29, 0.717) is 0 Å². The molecule has 0 aliphatic heterocycles. The first-order chi connectivity index (χ1) is 28.4. The molecule has 0 spiro atoms. The maximum absolute atomic E-state index is 14.3. The Balaban J connectivity index is 1.04. The van der Waals surface area contributed by atoms with Crippen molar-refractivity contribution in [2.24, 2.45) is 0 Å². The third-order valence-corrected chi connectivity index (χ3v) is 12.1. The van der Waals surface area contributed by atoms with Gasteiger partial charge in [0.2, 0.25) is 0 Å². The van der Waals surface area contributed by atoms with E-state index in [9.17, 15) is 4.79 Å². The minimum absolute atomic E-state index is 0.0808. The monoisotopic (exact) mass is 745 g/mol. The van der Waals surface area contributed by atoms with Crippen molar-refractivity contribution in [1.82, 2.24) is 8.97 Å². The van der Waals surface area contributed by atoms with Crippen LogP contribution in [0.25, 0.3) is 66.4 Å². The Morgan fingerprint density at radius 3 is 1.74 bits per heavy atom. The number of anilines is 3. The lowest BCUT2D eigenvalue weighted by Crippen LogP contribution is -2.25. The standard InChI is InChI=1S/C54H39N3O/c1-54(2)48-19-11-10-18-45(48)46-31-30-44(35-49(46)54)55(42-26-21-37(22-27-42)36-13-5-3-6-14-36)43-28-23-38(24-29-43)39-25-32-51-47(33-39)52-34-40-15-9-12-20-50(40)57(52)53(58)56(51)41-16-7-4-8-17-41/h3-35H,1-2H3. The van der Waals surface area contributed by atoms with Crippen molar-refractivity contribution in [2.45, 2.75) is 19.3 Å². The molecule has 0 amide bonds. The molecule has 2 aromatic heterocycles. The Morgan fingerprint density at radius 2 is 1.00 bits per heavy atom. The van der Waals surface area contributed by atoms with Gasteiger partial charge in [0.05, 0.1) is 22.2 Å². The van der Waals surface area contributed by atoms with Crippen molar-refractivity contribution in [3.05, 3.63) is 222 Å². The van der Waals surface area contributed by atoms with Crippen LogP contribution in [0.5, 0.6) is 0 Å². The zero-order valence-corrected chi connectivity index (χ0v) is 32.3. The van der Waals surface area contributed by atoms with E-state index in [4.69, 9.17) is 0 Å². The summed E-state index contributed by atoms with van der Waals surface area (Å²) in [4.78, 5) is 16.6. The topological polar surface area (TPSA) is 29.6 Å². The molecule has 11 rings (SSSR count). The van der Waals surface area contributed by atoms with Crippen LogP contribution in [0.3, 0.4) is 0 Å². The van der Waals surface area contributed by atoms with E-state index in [1.807, 2.05) is 57.5 Å². The number of benzene rings is 8. The molecule has 8 aromatic carbocycles. The molecule has 0 atom stereocenters. The molecule has 0 radical (unpaired) electrons. The number of para-hydroxylation sites is 2. The number of rotatable bonds is 6. The van der Waals surface area contributed by atoms with Gasteiger partial charge in [0, 0.05) is 33.2 Å². The van der Waals surface area contributed by atoms with E-state index in [2.05, 4.69) is 170 Å². The van der Waals surface area contributed by atoms with Gasteiger partial charge in [0.25, 0.3) is 0 Å². The van der Waals surface area contributed by atoms with E-state index >= 15 is 0 Å². The summed E-state index contributed by atoms with van der Waals surface area (Å²) >= 11 is 0. The Labute approximate surface area is 337 Å². The molecule has 1 aliphatic carbocycles. The average Bonchev–Trinajstić information content (AvgIpc) is 3.78. The molecular formula is C54H39N3O. The van der Waals surface area contributed by atoms with Gasteiger partial charge in [-0.05, 0) is 117 Å². The van der Waals surface area contributed by atoms with E-state index < -0.39 is 0 Å². The van der Waals surface area contributed by atoms with Crippen LogP contribution in [-0.2, 0) is 5.41 Å². The first-order valence-corrected chi connectivity index (χ1v) is 19.9. The maximum Gasteiger partial charge on any atom is 0.338 e. The van der Waals surface area contributed by atoms with Gasteiger partial charge in [-0.2, -0.15) is 0 Å². The third kappa shape index (κ3) is 5.26. The molecule has 0 bridgehead atoms. The summed E-state index contributed by atoms with van der Waals surface area (Å²) in [6.07, 6.45) is 0. The first kappa shape index (κ1) is 33.9. The van der Waals surface area contributed by atoms with Crippen molar-refractivity contribution in [3.8, 4) is 39.1 Å². The lowest BCUT2D eigenvalue weighted by Gasteiger charge is -2.28. The predicted molar refractivity (Wildman–Crippen MR) is 241 cm³/mol. The molecule has 0 saturated carbocycles. The fourth-order valence-corrected chi connectivity index (χ4v) is 9.22. The Morgan fingerprint density at radius 1 is 0.431 bits per heavy atom. The van der Waals surface area contributed by atoms with Crippen LogP contribution in [0, 0.1) is 0 Å². The van der Waals surface area contributed by atoms with Crippen LogP contribution >= 0.6 is 0 Å². The minimum atomic E-state index is -0.118.